The lowest BCUT2D eigenvalue weighted by atomic mass is 10.2. The van der Waals surface area contributed by atoms with Gasteiger partial charge in [-0.2, -0.15) is 0 Å². The highest BCUT2D eigenvalue weighted by atomic mass is 35.5. The maximum atomic E-state index is 11.4. The van der Waals surface area contributed by atoms with Gasteiger partial charge < -0.3 is 5.01 Å². The maximum Gasteiger partial charge on any atom is 0.219 e. The summed E-state index contributed by atoms with van der Waals surface area (Å²) in [5.41, 5.74) is 0.529. The summed E-state index contributed by atoms with van der Waals surface area (Å²) in [5, 5.41) is 1.62. The molecule has 0 unspecified atom stereocenters. The molecule has 1 aromatic carbocycles. The standard InChI is InChI=1S/C11H13ClN2O2/c1-2-10(15)11(16)7-14(13)9-6-4-3-5-8(9)12/h3-6H,2,7,13H2,1H3. The van der Waals surface area contributed by atoms with Crippen molar-refractivity contribution in [2.75, 3.05) is 11.6 Å². The summed E-state index contributed by atoms with van der Waals surface area (Å²) in [4.78, 5) is 22.5. The highest BCUT2D eigenvalue weighted by molar-refractivity contribution is 6.38. The minimum atomic E-state index is -0.509. The molecule has 0 spiro atoms. The Morgan fingerprint density at radius 3 is 2.50 bits per heavy atom. The first-order valence-electron chi connectivity index (χ1n) is 4.89. The maximum absolute atomic E-state index is 11.4. The molecule has 86 valence electrons. The van der Waals surface area contributed by atoms with Gasteiger partial charge in [-0.25, -0.2) is 5.84 Å². The fourth-order valence-electron chi connectivity index (χ4n) is 1.21. The largest absolute Gasteiger partial charge is 0.302 e. The molecule has 2 N–H and O–H groups in total. The van der Waals surface area contributed by atoms with Crippen molar-refractivity contribution in [2.45, 2.75) is 13.3 Å². The van der Waals surface area contributed by atoms with E-state index >= 15 is 0 Å². The monoisotopic (exact) mass is 240 g/mol. The first-order chi connectivity index (χ1) is 7.56. The molecule has 0 heterocycles. The quantitative estimate of drug-likeness (QED) is 0.482. The SMILES string of the molecule is CCC(=O)C(=O)CN(N)c1ccccc1Cl. The third kappa shape index (κ3) is 3.05. The second-order valence-electron chi connectivity index (χ2n) is 3.28. The molecule has 0 bridgehead atoms. The zero-order valence-corrected chi connectivity index (χ0v) is 9.70. The van der Waals surface area contributed by atoms with Crippen LogP contribution < -0.4 is 10.9 Å². The number of benzene rings is 1. The molecule has 16 heavy (non-hydrogen) atoms. The average Bonchev–Trinajstić information content (AvgIpc) is 2.28. The minimum absolute atomic E-state index is 0.156. The van der Waals surface area contributed by atoms with Crippen molar-refractivity contribution in [2.24, 2.45) is 5.84 Å². The van der Waals surface area contributed by atoms with Crippen LogP contribution in [0.15, 0.2) is 24.3 Å². The summed E-state index contributed by atoms with van der Waals surface area (Å²) in [6.45, 7) is 1.48. The lowest BCUT2D eigenvalue weighted by molar-refractivity contribution is -0.135. The van der Waals surface area contributed by atoms with E-state index in [4.69, 9.17) is 17.4 Å². The topological polar surface area (TPSA) is 63.4 Å². The van der Waals surface area contributed by atoms with Crippen molar-refractivity contribution >= 4 is 28.9 Å². The molecule has 1 aromatic rings. The van der Waals surface area contributed by atoms with E-state index in [0.29, 0.717) is 10.7 Å². The molecule has 0 saturated carbocycles. The molecule has 0 aromatic heterocycles. The highest BCUT2D eigenvalue weighted by Gasteiger charge is 2.15. The summed E-state index contributed by atoms with van der Waals surface area (Å²) < 4.78 is 0. The molecule has 0 fully saturated rings. The summed E-state index contributed by atoms with van der Waals surface area (Å²) >= 11 is 5.90. The number of hydrazine groups is 1. The molecule has 0 amide bonds. The Kier molecular flexibility index (Phi) is 4.46. The first kappa shape index (κ1) is 12.7. The van der Waals surface area contributed by atoms with Crippen LogP contribution >= 0.6 is 11.6 Å². The van der Waals surface area contributed by atoms with E-state index in [1.165, 1.54) is 5.01 Å². The van der Waals surface area contributed by atoms with Gasteiger partial charge in [0.05, 0.1) is 10.7 Å². The van der Waals surface area contributed by atoms with Gasteiger partial charge in [-0.3, -0.25) is 9.59 Å². The molecule has 1 rings (SSSR count). The molecule has 4 nitrogen and oxygen atoms in total. The van der Waals surface area contributed by atoms with Gasteiger partial charge in [0.1, 0.15) is 6.54 Å². The zero-order chi connectivity index (χ0) is 12.1. The number of anilines is 1. The van der Waals surface area contributed by atoms with Crippen molar-refractivity contribution < 1.29 is 9.59 Å². The normalized spacial score (nSPS) is 9.94. The van der Waals surface area contributed by atoms with Crippen molar-refractivity contribution in [1.29, 1.82) is 0 Å². The molecule has 0 saturated heterocycles. The van der Waals surface area contributed by atoms with E-state index in [-0.39, 0.29) is 13.0 Å². The summed E-state index contributed by atoms with van der Waals surface area (Å²) in [6, 6.07) is 6.88. The number of ketones is 2. The number of nitrogens with zero attached hydrogens (tertiary/aromatic N) is 1. The van der Waals surface area contributed by atoms with Gasteiger partial charge in [0.2, 0.25) is 5.78 Å². The van der Waals surface area contributed by atoms with Crippen LogP contribution in [0.2, 0.25) is 5.02 Å². The number of Topliss-reactive ketones (excluding diaryl/α,β-unsaturated/α-hetero) is 2. The van der Waals surface area contributed by atoms with Gasteiger partial charge in [-0.05, 0) is 12.1 Å². The average molecular weight is 241 g/mol. The molecular formula is C11H13ClN2O2. The second kappa shape index (κ2) is 5.63. The summed E-state index contributed by atoms with van der Waals surface area (Å²) in [6.07, 6.45) is 0.190. The fourth-order valence-corrected chi connectivity index (χ4v) is 1.45. The van der Waals surface area contributed by atoms with E-state index in [2.05, 4.69) is 0 Å². The van der Waals surface area contributed by atoms with Gasteiger partial charge >= 0.3 is 0 Å². The number of para-hydroxylation sites is 1. The van der Waals surface area contributed by atoms with Gasteiger partial charge in [0.25, 0.3) is 0 Å². The van der Waals surface area contributed by atoms with E-state index in [1.54, 1.807) is 31.2 Å². The molecule has 0 atom stereocenters. The Hall–Kier alpha value is -1.39. The smallest absolute Gasteiger partial charge is 0.219 e. The Bertz CT molecular complexity index is 407. The third-order valence-electron chi connectivity index (χ3n) is 2.11. The van der Waals surface area contributed by atoms with E-state index in [9.17, 15) is 9.59 Å². The van der Waals surface area contributed by atoms with Crippen molar-refractivity contribution in [1.82, 2.24) is 0 Å². The molecule has 5 heteroatoms. The minimum Gasteiger partial charge on any atom is -0.302 e. The van der Waals surface area contributed by atoms with Crippen LogP contribution in [0.5, 0.6) is 0 Å². The number of carbonyl (C=O) groups excluding carboxylic acids is 2. The van der Waals surface area contributed by atoms with Gasteiger partial charge in [0, 0.05) is 6.42 Å². The summed E-state index contributed by atoms with van der Waals surface area (Å²) in [7, 11) is 0. The van der Waals surface area contributed by atoms with Gasteiger partial charge in [-0.15, -0.1) is 0 Å². The first-order valence-corrected chi connectivity index (χ1v) is 5.26. The van der Waals surface area contributed by atoms with Crippen LogP contribution in [-0.2, 0) is 9.59 Å². The second-order valence-corrected chi connectivity index (χ2v) is 3.69. The van der Waals surface area contributed by atoms with Crippen LogP contribution in [0.4, 0.5) is 5.69 Å². The number of rotatable bonds is 5. The van der Waals surface area contributed by atoms with Crippen molar-refractivity contribution in [3.8, 4) is 0 Å². The lowest BCUT2D eigenvalue weighted by Gasteiger charge is -2.18. The molecule has 0 aliphatic carbocycles. The summed E-state index contributed by atoms with van der Waals surface area (Å²) in [5.74, 6) is 4.73. The molecule has 0 radical (unpaired) electrons. The Balaban J connectivity index is 2.73. The Labute approximate surface area is 99.0 Å². The molecular weight excluding hydrogens is 228 g/mol. The van der Waals surface area contributed by atoms with Gasteiger partial charge in [-0.1, -0.05) is 30.7 Å². The van der Waals surface area contributed by atoms with Crippen molar-refractivity contribution in [3.63, 3.8) is 0 Å². The third-order valence-corrected chi connectivity index (χ3v) is 2.43. The fraction of sp³-hybridized carbons (Fsp3) is 0.273. The van der Waals surface area contributed by atoms with Crippen LogP contribution in [0.25, 0.3) is 0 Å². The number of nitrogens with two attached hydrogens (primary N) is 1. The number of halogens is 1. The Morgan fingerprint density at radius 1 is 1.31 bits per heavy atom. The van der Waals surface area contributed by atoms with Crippen LogP contribution in [0, 0.1) is 0 Å². The lowest BCUT2D eigenvalue weighted by Crippen LogP contribution is -2.38. The van der Waals surface area contributed by atoms with E-state index in [0.717, 1.165) is 0 Å². The molecule has 0 aliphatic rings. The predicted octanol–water partition coefficient (Wildman–Crippen LogP) is 1.57. The van der Waals surface area contributed by atoms with E-state index < -0.39 is 11.6 Å². The number of hydrogen-bond acceptors (Lipinski definition) is 4. The number of hydrogen-bond donors (Lipinski definition) is 1. The number of carbonyl (C=O) groups is 2. The van der Waals surface area contributed by atoms with E-state index in [1.807, 2.05) is 0 Å². The van der Waals surface area contributed by atoms with Crippen LogP contribution in [0.1, 0.15) is 13.3 Å². The predicted molar refractivity (Wildman–Crippen MR) is 63.3 cm³/mol. The Morgan fingerprint density at radius 2 is 1.94 bits per heavy atom. The van der Waals surface area contributed by atoms with Gasteiger partial charge in [0.15, 0.2) is 5.78 Å². The zero-order valence-electron chi connectivity index (χ0n) is 8.94. The van der Waals surface area contributed by atoms with Crippen molar-refractivity contribution in [3.05, 3.63) is 29.3 Å². The van der Waals surface area contributed by atoms with Crippen LogP contribution in [-0.4, -0.2) is 18.1 Å². The molecule has 0 aliphatic heterocycles. The van der Waals surface area contributed by atoms with Crippen LogP contribution in [0.3, 0.4) is 0 Å². The highest BCUT2D eigenvalue weighted by Crippen LogP contribution is 2.22.